The first-order chi connectivity index (χ1) is 8.80. The van der Waals surface area contributed by atoms with Crippen LogP contribution in [0.25, 0.3) is 0 Å². The number of likely N-dealkylation sites (N-methyl/N-ethyl adjacent to an activating group) is 1. The average Bonchev–Trinajstić information content (AvgIpc) is 2.38. The van der Waals surface area contributed by atoms with Gasteiger partial charge in [-0.3, -0.25) is 0 Å². The maximum absolute atomic E-state index is 11.5. The van der Waals surface area contributed by atoms with Gasteiger partial charge in [0.15, 0.2) is 0 Å². The zero-order valence-corrected chi connectivity index (χ0v) is 11.5. The Bertz CT molecular complexity index is 468. The number of rotatable bonds is 5. The van der Waals surface area contributed by atoms with Crippen molar-refractivity contribution in [2.45, 2.75) is 26.3 Å². The summed E-state index contributed by atoms with van der Waals surface area (Å²) in [4.78, 5) is 28.2. The number of hydrogen-bond acceptors (Lipinski definition) is 5. The number of carbonyl (C=O) groups excluding carboxylic acids is 1. The molecule has 0 unspecified atom stereocenters. The van der Waals surface area contributed by atoms with E-state index in [9.17, 15) is 9.59 Å². The van der Waals surface area contributed by atoms with Crippen LogP contribution in [-0.2, 0) is 9.53 Å². The van der Waals surface area contributed by atoms with Crippen LogP contribution in [0.1, 0.15) is 31.1 Å². The number of carboxylic acid groups (broad SMARTS) is 1. The van der Waals surface area contributed by atoms with E-state index in [-0.39, 0.29) is 0 Å². The summed E-state index contributed by atoms with van der Waals surface area (Å²) in [5.41, 5.74) is -0.745. The lowest BCUT2D eigenvalue weighted by Crippen LogP contribution is -2.48. The second-order valence-corrected chi connectivity index (χ2v) is 4.55. The van der Waals surface area contributed by atoms with E-state index in [1.807, 2.05) is 0 Å². The van der Waals surface area contributed by atoms with Crippen LogP contribution in [0.3, 0.4) is 0 Å². The molecule has 0 spiro atoms. The van der Waals surface area contributed by atoms with E-state index >= 15 is 0 Å². The van der Waals surface area contributed by atoms with Gasteiger partial charge < -0.3 is 14.7 Å². The molecular weight excluding hydrogens is 248 g/mol. The molecule has 1 rings (SSSR count). The molecule has 0 radical (unpaired) electrons. The zero-order chi connectivity index (χ0) is 14.6. The van der Waals surface area contributed by atoms with Crippen molar-refractivity contribution in [2.75, 3.05) is 18.6 Å². The number of aromatic nitrogens is 1. The number of carbonyl (C=O) groups is 2. The topological polar surface area (TPSA) is 79.7 Å². The van der Waals surface area contributed by atoms with Gasteiger partial charge in [-0.15, -0.1) is 0 Å². The Hall–Kier alpha value is -2.11. The molecule has 104 valence electrons. The molecular formula is C13H18N2O4. The standard InChI is InChI=1S/C13H18N2O4/c1-5-19-11(16)9-6-7-10(14-8-9)15(4)13(2,3)12(17)18/h6-8H,5H2,1-4H3,(H,17,18). The molecule has 6 heteroatoms. The van der Waals surface area contributed by atoms with Crippen LogP contribution in [0.15, 0.2) is 18.3 Å². The lowest BCUT2D eigenvalue weighted by atomic mass is 10.0. The van der Waals surface area contributed by atoms with E-state index < -0.39 is 17.5 Å². The van der Waals surface area contributed by atoms with Crippen LogP contribution in [0.5, 0.6) is 0 Å². The summed E-state index contributed by atoms with van der Waals surface area (Å²) in [6, 6.07) is 3.16. The van der Waals surface area contributed by atoms with Crippen molar-refractivity contribution < 1.29 is 19.4 Å². The Morgan fingerprint density at radius 3 is 2.47 bits per heavy atom. The van der Waals surface area contributed by atoms with Gasteiger partial charge in [0.1, 0.15) is 11.4 Å². The molecule has 0 bridgehead atoms. The van der Waals surface area contributed by atoms with Gasteiger partial charge in [0.2, 0.25) is 0 Å². The number of carboxylic acids is 1. The van der Waals surface area contributed by atoms with Crippen LogP contribution in [0, 0.1) is 0 Å². The van der Waals surface area contributed by atoms with Crippen molar-refractivity contribution in [3.63, 3.8) is 0 Å². The molecule has 1 aromatic rings. The van der Waals surface area contributed by atoms with E-state index in [0.717, 1.165) is 0 Å². The highest BCUT2D eigenvalue weighted by atomic mass is 16.5. The lowest BCUT2D eigenvalue weighted by Gasteiger charge is -2.32. The second-order valence-electron chi connectivity index (χ2n) is 4.55. The molecule has 0 saturated carbocycles. The highest BCUT2D eigenvalue weighted by Gasteiger charge is 2.32. The van der Waals surface area contributed by atoms with Crippen molar-refractivity contribution in [3.05, 3.63) is 23.9 Å². The van der Waals surface area contributed by atoms with Crippen LogP contribution in [0.2, 0.25) is 0 Å². The van der Waals surface area contributed by atoms with Gasteiger partial charge in [-0.25, -0.2) is 14.6 Å². The fourth-order valence-electron chi connectivity index (χ4n) is 1.35. The van der Waals surface area contributed by atoms with Crippen LogP contribution in [0.4, 0.5) is 5.82 Å². The molecule has 1 N–H and O–H groups in total. The molecule has 0 aliphatic carbocycles. The predicted octanol–water partition coefficient (Wildman–Crippen LogP) is 1.56. The van der Waals surface area contributed by atoms with E-state index in [0.29, 0.717) is 18.0 Å². The molecule has 19 heavy (non-hydrogen) atoms. The van der Waals surface area contributed by atoms with E-state index in [1.165, 1.54) is 11.1 Å². The quantitative estimate of drug-likeness (QED) is 0.815. The van der Waals surface area contributed by atoms with Gasteiger partial charge in [0, 0.05) is 13.2 Å². The summed E-state index contributed by atoms with van der Waals surface area (Å²) in [6.07, 6.45) is 1.38. The third-order valence-electron chi connectivity index (χ3n) is 2.96. The molecule has 0 amide bonds. The van der Waals surface area contributed by atoms with E-state index in [4.69, 9.17) is 9.84 Å². The Kier molecular flexibility index (Phi) is 4.47. The Morgan fingerprint density at radius 2 is 2.05 bits per heavy atom. The molecule has 0 atom stereocenters. The Balaban J connectivity index is 2.93. The van der Waals surface area contributed by atoms with Crippen molar-refractivity contribution >= 4 is 17.8 Å². The van der Waals surface area contributed by atoms with Crippen molar-refractivity contribution in [1.82, 2.24) is 4.98 Å². The summed E-state index contributed by atoms with van der Waals surface area (Å²) in [5, 5.41) is 9.14. The third-order valence-corrected chi connectivity index (χ3v) is 2.96. The number of pyridine rings is 1. The van der Waals surface area contributed by atoms with Crippen LogP contribution < -0.4 is 4.90 Å². The minimum absolute atomic E-state index is 0.298. The third kappa shape index (κ3) is 3.21. The molecule has 0 aromatic carbocycles. The van der Waals surface area contributed by atoms with Crippen molar-refractivity contribution in [1.29, 1.82) is 0 Å². The largest absolute Gasteiger partial charge is 0.480 e. The maximum atomic E-state index is 11.5. The number of nitrogens with zero attached hydrogens (tertiary/aromatic N) is 2. The van der Waals surface area contributed by atoms with Gasteiger partial charge in [-0.1, -0.05) is 0 Å². The SMILES string of the molecule is CCOC(=O)c1ccc(N(C)C(C)(C)C(=O)O)nc1. The summed E-state index contributed by atoms with van der Waals surface area (Å²) in [5.74, 6) is -0.923. The Labute approximate surface area is 112 Å². The average molecular weight is 266 g/mol. The predicted molar refractivity (Wildman–Crippen MR) is 70.3 cm³/mol. The number of ether oxygens (including phenoxy) is 1. The summed E-state index contributed by atoms with van der Waals surface area (Å²) in [6.45, 7) is 5.18. The summed E-state index contributed by atoms with van der Waals surface area (Å²) >= 11 is 0. The van der Waals surface area contributed by atoms with Crippen molar-refractivity contribution in [2.24, 2.45) is 0 Å². The normalized spacial score (nSPS) is 10.9. The minimum atomic E-state index is -1.08. The summed E-state index contributed by atoms with van der Waals surface area (Å²) in [7, 11) is 1.64. The van der Waals surface area contributed by atoms with Crippen molar-refractivity contribution in [3.8, 4) is 0 Å². The van der Waals surface area contributed by atoms with E-state index in [2.05, 4.69) is 4.98 Å². The lowest BCUT2D eigenvalue weighted by molar-refractivity contribution is -0.142. The van der Waals surface area contributed by atoms with E-state index in [1.54, 1.807) is 40.0 Å². The highest BCUT2D eigenvalue weighted by molar-refractivity contribution is 5.89. The molecule has 0 aliphatic heterocycles. The van der Waals surface area contributed by atoms with Crippen LogP contribution >= 0.6 is 0 Å². The number of aliphatic carboxylic acids is 1. The first kappa shape index (κ1) is 14.9. The van der Waals surface area contributed by atoms with Gasteiger partial charge >= 0.3 is 11.9 Å². The van der Waals surface area contributed by atoms with Gasteiger partial charge in [0.05, 0.1) is 12.2 Å². The molecule has 0 saturated heterocycles. The molecule has 1 aromatic heterocycles. The maximum Gasteiger partial charge on any atom is 0.339 e. The highest BCUT2D eigenvalue weighted by Crippen LogP contribution is 2.20. The summed E-state index contributed by atoms with van der Waals surface area (Å²) < 4.78 is 4.85. The second kappa shape index (κ2) is 5.69. The molecule has 1 heterocycles. The fourth-order valence-corrected chi connectivity index (χ4v) is 1.35. The Morgan fingerprint density at radius 1 is 1.42 bits per heavy atom. The number of esters is 1. The van der Waals surface area contributed by atoms with Gasteiger partial charge in [-0.05, 0) is 32.9 Å². The van der Waals surface area contributed by atoms with Gasteiger partial charge in [0.25, 0.3) is 0 Å². The van der Waals surface area contributed by atoms with Crippen LogP contribution in [-0.4, -0.2) is 41.2 Å². The number of anilines is 1. The fraction of sp³-hybridized carbons (Fsp3) is 0.462. The smallest absolute Gasteiger partial charge is 0.339 e. The molecule has 0 fully saturated rings. The zero-order valence-electron chi connectivity index (χ0n) is 11.5. The number of hydrogen-bond donors (Lipinski definition) is 1. The monoisotopic (exact) mass is 266 g/mol. The minimum Gasteiger partial charge on any atom is -0.480 e. The first-order valence-corrected chi connectivity index (χ1v) is 5.91. The van der Waals surface area contributed by atoms with Gasteiger partial charge in [-0.2, -0.15) is 0 Å². The molecule has 0 aliphatic rings. The first-order valence-electron chi connectivity index (χ1n) is 5.91. The molecule has 6 nitrogen and oxygen atoms in total.